The summed E-state index contributed by atoms with van der Waals surface area (Å²) in [6, 6.07) is 7.86. The number of hydrogen-bond acceptors (Lipinski definition) is 3. The second kappa shape index (κ2) is 5.88. The monoisotopic (exact) mass is 344 g/mol. The summed E-state index contributed by atoms with van der Waals surface area (Å²) >= 11 is 6.06. The highest BCUT2D eigenvalue weighted by Crippen LogP contribution is 2.49. The first-order chi connectivity index (χ1) is 11.5. The van der Waals surface area contributed by atoms with Crippen molar-refractivity contribution in [1.29, 1.82) is 0 Å². The summed E-state index contributed by atoms with van der Waals surface area (Å²) in [5, 5.41) is 9.30. The van der Waals surface area contributed by atoms with Crippen LogP contribution in [0.2, 0.25) is 5.02 Å². The lowest BCUT2D eigenvalue weighted by Crippen LogP contribution is -2.39. The van der Waals surface area contributed by atoms with E-state index in [1.807, 2.05) is 23.1 Å². The molecule has 0 radical (unpaired) electrons. The van der Waals surface area contributed by atoms with E-state index in [1.165, 1.54) is 5.56 Å². The predicted molar refractivity (Wildman–Crippen MR) is 91.8 cm³/mol. The Morgan fingerprint density at radius 1 is 1.29 bits per heavy atom. The zero-order valence-electron chi connectivity index (χ0n) is 13.9. The minimum absolute atomic E-state index is 0.0857. The van der Waals surface area contributed by atoms with Crippen LogP contribution in [0.3, 0.4) is 0 Å². The van der Waals surface area contributed by atoms with Crippen LogP contribution in [0.5, 0.6) is 0 Å². The number of carbonyl (C=O) groups is 1. The minimum atomic E-state index is 0.0857. The fraction of sp³-hybridized carbons (Fsp3) is 0.500. The van der Waals surface area contributed by atoms with Gasteiger partial charge in [0.05, 0.1) is 6.54 Å². The van der Waals surface area contributed by atoms with Crippen molar-refractivity contribution in [2.75, 3.05) is 6.54 Å². The summed E-state index contributed by atoms with van der Waals surface area (Å²) in [5.41, 5.74) is 1.17. The molecule has 0 bridgehead atoms. The van der Waals surface area contributed by atoms with E-state index in [-0.39, 0.29) is 11.8 Å². The standard InChI is InChI=1S/C18H21ClN4O/c1-11(2)17-21-20-16-10-22(6-7-23(16)17)18(24)15-9-14(15)12-4-3-5-13(19)8-12/h3-5,8,11,14-15H,6-7,9-10H2,1-2H3/t14-,15+/m1/s1. The van der Waals surface area contributed by atoms with Gasteiger partial charge in [0.25, 0.3) is 0 Å². The van der Waals surface area contributed by atoms with Crippen molar-refractivity contribution in [3.05, 3.63) is 46.5 Å². The predicted octanol–water partition coefficient (Wildman–Crippen LogP) is 3.20. The van der Waals surface area contributed by atoms with Gasteiger partial charge < -0.3 is 9.47 Å². The van der Waals surface area contributed by atoms with Gasteiger partial charge in [-0.1, -0.05) is 37.6 Å². The van der Waals surface area contributed by atoms with Crippen molar-refractivity contribution >= 4 is 17.5 Å². The molecule has 1 aromatic carbocycles. The number of fused-ring (bicyclic) bond motifs is 1. The van der Waals surface area contributed by atoms with E-state index in [2.05, 4.69) is 34.7 Å². The van der Waals surface area contributed by atoms with Crippen molar-refractivity contribution in [3.63, 3.8) is 0 Å². The smallest absolute Gasteiger partial charge is 0.226 e. The molecule has 126 valence electrons. The van der Waals surface area contributed by atoms with Crippen LogP contribution >= 0.6 is 11.6 Å². The van der Waals surface area contributed by atoms with Crippen molar-refractivity contribution in [1.82, 2.24) is 19.7 Å². The number of aromatic nitrogens is 3. The maximum atomic E-state index is 12.8. The number of halogens is 1. The molecule has 1 aliphatic carbocycles. The number of hydrogen-bond donors (Lipinski definition) is 0. The van der Waals surface area contributed by atoms with Crippen molar-refractivity contribution in [2.45, 2.75) is 45.2 Å². The fourth-order valence-electron chi connectivity index (χ4n) is 3.60. The lowest BCUT2D eigenvalue weighted by Gasteiger charge is -2.28. The van der Waals surface area contributed by atoms with Gasteiger partial charge in [-0.2, -0.15) is 0 Å². The molecule has 5 nitrogen and oxygen atoms in total. The summed E-state index contributed by atoms with van der Waals surface area (Å²) in [6.45, 7) is 6.33. The van der Waals surface area contributed by atoms with Gasteiger partial charge in [0.2, 0.25) is 5.91 Å². The van der Waals surface area contributed by atoms with Crippen molar-refractivity contribution in [2.24, 2.45) is 5.92 Å². The fourth-order valence-corrected chi connectivity index (χ4v) is 3.80. The highest BCUT2D eigenvalue weighted by atomic mass is 35.5. The van der Waals surface area contributed by atoms with Gasteiger partial charge in [0, 0.05) is 29.9 Å². The van der Waals surface area contributed by atoms with E-state index < -0.39 is 0 Å². The Labute approximate surface area is 146 Å². The zero-order valence-corrected chi connectivity index (χ0v) is 14.7. The zero-order chi connectivity index (χ0) is 16.8. The highest BCUT2D eigenvalue weighted by Gasteiger charge is 2.46. The molecule has 24 heavy (non-hydrogen) atoms. The van der Waals surface area contributed by atoms with Crippen LogP contribution in [0.15, 0.2) is 24.3 Å². The first kappa shape index (κ1) is 15.6. The second-order valence-corrected chi connectivity index (χ2v) is 7.48. The number of nitrogens with zero attached hydrogens (tertiary/aromatic N) is 4. The van der Waals surface area contributed by atoms with Gasteiger partial charge in [0.1, 0.15) is 5.82 Å². The Balaban J connectivity index is 1.45. The Hall–Kier alpha value is -1.88. The van der Waals surface area contributed by atoms with Gasteiger partial charge in [-0.05, 0) is 30.0 Å². The Bertz CT molecular complexity index is 785. The normalized spacial score (nSPS) is 22.6. The van der Waals surface area contributed by atoms with Crippen LogP contribution in [-0.4, -0.2) is 32.1 Å². The minimum Gasteiger partial charge on any atom is -0.333 e. The summed E-state index contributed by atoms with van der Waals surface area (Å²) in [4.78, 5) is 14.7. The maximum Gasteiger partial charge on any atom is 0.226 e. The second-order valence-electron chi connectivity index (χ2n) is 7.04. The Morgan fingerprint density at radius 3 is 2.88 bits per heavy atom. The molecule has 0 spiro atoms. The topological polar surface area (TPSA) is 51.0 Å². The van der Waals surface area contributed by atoms with Crippen LogP contribution in [0.1, 0.15) is 49.3 Å². The van der Waals surface area contributed by atoms with Gasteiger partial charge in [-0.15, -0.1) is 10.2 Å². The first-order valence-corrected chi connectivity index (χ1v) is 8.88. The van der Waals surface area contributed by atoms with E-state index in [4.69, 9.17) is 11.6 Å². The van der Waals surface area contributed by atoms with Crippen LogP contribution in [0, 0.1) is 5.92 Å². The molecule has 2 heterocycles. The summed E-state index contributed by atoms with van der Waals surface area (Å²) in [6.07, 6.45) is 0.916. The van der Waals surface area contributed by atoms with E-state index in [9.17, 15) is 4.79 Å². The highest BCUT2D eigenvalue weighted by molar-refractivity contribution is 6.30. The third-order valence-electron chi connectivity index (χ3n) is 4.99. The molecular formula is C18H21ClN4O. The van der Waals surface area contributed by atoms with Gasteiger partial charge >= 0.3 is 0 Å². The van der Waals surface area contributed by atoms with Gasteiger partial charge in [-0.25, -0.2) is 0 Å². The first-order valence-electron chi connectivity index (χ1n) is 8.51. The molecule has 1 aromatic heterocycles. The number of carbonyl (C=O) groups excluding carboxylic acids is 1. The molecule has 0 unspecified atom stereocenters. The van der Waals surface area contributed by atoms with E-state index in [0.29, 0.717) is 18.4 Å². The molecule has 2 aliphatic rings. The lowest BCUT2D eigenvalue weighted by atomic mass is 10.1. The summed E-state index contributed by atoms with van der Waals surface area (Å²) < 4.78 is 2.16. The molecule has 2 atom stereocenters. The Kier molecular flexibility index (Phi) is 3.83. The molecular weight excluding hydrogens is 324 g/mol. The molecule has 4 rings (SSSR count). The molecule has 2 aromatic rings. The van der Waals surface area contributed by atoms with Crippen LogP contribution in [0.25, 0.3) is 0 Å². The maximum absolute atomic E-state index is 12.8. The number of rotatable bonds is 3. The van der Waals surface area contributed by atoms with Gasteiger partial charge in [-0.3, -0.25) is 4.79 Å². The average Bonchev–Trinajstić information content (AvgIpc) is 3.25. The van der Waals surface area contributed by atoms with Crippen LogP contribution < -0.4 is 0 Å². The van der Waals surface area contributed by atoms with E-state index in [1.54, 1.807) is 0 Å². The molecule has 6 heteroatoms. The SMILES string of the molecule is CC(C)c1nnc2n1CCN(C(=O)[C@H]1C[C@@H]1c1cccc(Cl)c1)C2. The van der Waals surface area contributed by atoms with E-state index >= 15 is 0 Å². The van der Waals surface area contributed by atoms with Crippen LogP contribution in [0.4, 0.5) is 0 Å². The molecule has 0 N–H and O–H groups in total. The molecule has 1 aliphatic heterocycles. The van der Waals surface area contributed by atoms with Crippen molar-refractivity contribution < 1.29 is 4.79 Å². The number of amides is 1. The van der Waals surface area contributed by atoms with Crippen LogP contribution in [-0.2, 0) is 17.9 Å². The third-order valence-corrected chi connectivity index (χ3v) is 5.23. The number of benzene rings is 1. The van der Waals surface area contributed by atoms with Gasteiger partial charge in [0.15, 0.2) is 5.82 Å². The average molecular weight is 345 g/mol. The third kappa shape index (κ3) is 2.71. The molecule has 0 saturated heterocycles. The molecule has 1 amide bonds. The molecule has 1 fully saturated rings. The summed E-state index contributed by atoms with van der Waals surface area (Å²) in [7, 11) is 0. The Morgan fingerprint density at radius 2 is 2.12 bits per heavy atom. The largest absolute Gasteiger partial charge is 0.333 e. The quantitative estimate of drug-likeness (QED) is 0.859. The van der Waals surface area contributed by atoms with E-state index in [0.717, 1.165) is 36.2 Å². The van der Waals surface area contributed by atoms with Crippen molar-refractivity contribution in [3.8, 4) is 0 Å². The molecule has 1 saturated carbocycles. The lowest BCUT2D eigenvalue weighted by molar-refractivity contribution is -0.134. The summed E-state index contributed by atoms with van der Waals surface area (Å²) in [5.74, 6) is 2.90.